The zero-order chi connectivity index (χ0) is 24.7. The normalized spacial score (nSPS) is 10.9. The third kappa shape index (κ3) is 6.19. The van der Waals surface area contributed by atoms with Gasteiger partial charge in [0.15, 0.2) is 11.5 Å². The highest BCUT2D eigenvalue weighted by Crippen LogP contribution is 2.37. The molecule has 0 saturated carbocycles. The first kappa shape index (κ1) is 24.9. The van der Waals surface area contributed by atoms with Crippen LogP contribution in [0.25, 0.3) is 0 Å². The first-order valence-electron chi connectivity index (χ1n) is 10.4. The van der Waals surface area contributed by atoms with Crippen LogP contribution in [0.2, 0.25) is 0 Å². The zero-order valence-electron chi connectivity index (χ0n) is 18.9. The first-order valence-corrected chi connectivity index (χ1v) is 11.2. The molecule has 0 aliphatic heterocycles. The number of benzene rings is 2. The topological polar surface area (TPSA) is 121 Å². The summed E-state index contributed by atoms with van der Waals surface area (Å²) in [4.78, 5) is 22.9. The number of hydrogen-bond donors (Lipinski definition) is 1. The summed E-state index contributed by atoms with van der Waals surface area (Å²) in [7, 11) is 0. The summed E-state index contributed by atoms with van der Waals surface area (Å²) in [6, 6.07) is 13.3. The molecule has 3 aromatic rings. The Kier molecular flexibility index (Phi) is 8.36. The van der Waals surface area contributed by atoms with Crippen LogP contribution in [0.3, 0.4) is 0 Å². The standard InChI is InChI=1S/C23H24BrN5O5/c1-4-33-20-11-18(10-19(24)23(20)34-14-17-8-6-5-7-9-17)12-25-26-21(30)13-28-16(3)22(29(31)32)15(2)27-28/h5-12H,4,13-14H2,1-3H3,(H,26,30)/b25-12+. The van der Waals surface area contributed by atoms with Gasteiger partial charge in [0.05, 0.1) is 22.2 Å². The van der Waals surface area contributed by atoms with Gasteiger partial charge in [0.25, 0.3) is 5.91 Å². The highest BCUT2D eigenvalue weighted by Gasteiger charge is 2.22. The minimum Gasteiger partial charge on any atom is -0.490 e. The van der Waals surface area contributed by atoms with Gasteiger partial charge < -0.3 is 9.47 Å². The van der Waals surface area contributed by atoms with Gasteiger partial charge in [-0.3, -0.25) is 19.6 Å². The lowest BCUT2D eigenvalue weighted by molar-refractivity contribution is -0.386. The van der Waals surface area contributed by atoms with Gasteiger partial charge >= 0.3 is 5.69 Å². The number of carbonyl (C=O) groups excluding carboxylic acids is 1. The highest BCUT2D eigenvalue weighted by atomic mass is 79.9. The van der Waals surface area contributed by atoms with Crippen molar-refractivity contribution in [2.45, 2.75) is 33.9 Å². The summed E-state index contributed by atoms with van der Waals surface area (Å²) >= 11 is 3.51. The third-order valence-corrected chi connectivity index (χ3v) is 5.37. The average molecular weight is 530 g/mol. The molecule has 1 heterocycles. The van der Waals surface area contributed by atoms with Crippen LogP contribution in [0.1, 0.15) is 29.4 Å². The molecule has 1 N–H and O–H groups in total. The van der Waals surface area contributed by atoms with E-state index in [0.717, 1.165) is 5.56 Å². The average Bonchev–Trinajstić information content (AvgIpc) is 3.06. The molecule has 0 bridgehead atoms. The fourth-order valence-electron chi connectivity index (χ4n) is 3.25. The Morgan fingerprint density at radius 3 is 2.65 bits per heavy atom. The van der Waals surface area contributed by atoms with Gasteiger partial charge in [0, 0.05) is 0 Å². The van der Waals surface area contributed by atoms with Crippen LogP contribution in [-0.2, 0) is 17.9 Å². The summed E-state index contributed by atoms with van der Waals surface area (Å²) in [5.74, 6) is 0.636. The van der Waals surface area contributed by atoms with E-state index in [9.17, 15) is 14.9 Å². The van der Waals surface area contributed by atoms with Gasteiger partial charge in [-0.25, -0.2) is 5.43 Å². The second-order valence-electron chi connectivity index (χ2n) is 7.26. The van der Waals surface area contributed by atoms with Gasteiger partial charge in [-0.15, -0.1) is 0 Å². The molecule has 0 unspecified atom stereocenters. The summed E-state index contributed by atoms with van der Waals surface area (Å²) < 4.78 is 13.7. The van der Waals surface area contributed by atoms with E-state index in [1.807, 2.05) is 37.3 Å². The molecule has 1 amide bonds. The number of hydrazone groups is 1. The fraction of sp³-hybridized carbons (Fsp3) is 0.261. The molecule has 34 heavy (non-hydrogen) atoms. The first-order chi connectivity index (χ1) is 16.3. The Morgan fingerprint density at radius 1 is 1.26 bits per heavy atom. The number of nitrogens with one attached hydrogen (secondary N) is 1. The minimum absolute atomic E-state index is 0.0980. The van der Waals surface area contributed by atoms with E-state index in [2.05, 4.69) is 31.6 Å². The number of nitro groups is 1. The van der Waals surface area contributed by atoms with Crippen LogP contribution >= 0.6 is 15.9 Å². The third-order valence-electron chi connectivity index (χ3n) is 4.78. The van der Waals surface area contributed by atoms with Crippen molar-refractivity contribution >= 4 is 33.7 Å². The Bertz CT molecular complexity index is 1210. The number of aromatic nitrogens is 2. The summed E-state index contributed by atoms with van der Waals surface area (Å²) in [5.41, 5.74) is 4.56. The Morgan fingerprint density at radius 2 is 2.00 bits per heavy atom. The van der Waals surface area contributed by atoms with Crippen LogP contribution in [0.15, 0.2) is 52.0 Å². The smallest absolute Gasteiger partial charge is 0.312 e. The molecule has 2 aromatic carbocycles. The van der Waals surface area contributed by atoms with Crippen molar-refractivity contribution in [3.05, 3.63) is 79.6 Å². The molecule has 11 heteroatoms. The number of ether oxygens (including phenoxy) is 2. The van der Waals surface area contributed by atoms with Gasteiger partial charge in [0.1, 0.15) is 24.5 Å². The molecular formula is C23H24BrN5O5. The van der Waals surface area contributed by atoms with Gasteiger partial charge in [-0.1, -0.05) is 30.3 Å². The number of rotatable bonds is 10. The Labute approximate surface area is 204 Å². The van der Waals surface area contributed by atoms with E-state index >= 15 is 0 Å². The van der Waals surface area contributed by atoms with E-state index in [1.54, 1.807) is 19.1 Å². The lowest BCUT2D eigenvalue weighted by atomic mass is 10.2. The maximum Gasteiger partial charge on any atom is 0.312 e. The van der Waals surface area contributed by atoms with Crippen molar-refractivity contribution in [1.29, 1.82) is 0 Å². The molecule has 1 aromatic heterocycles. The number of amides is 1. The zero-order valence-corrected chi connectivity index (χ0v) is 20.5. The monoisotopic (exact) mass is 529 g/mol. The summed E-state index contributed by atoms with van der Waals surface area (Å²) in [5, 5.41) is 19.2. The number of aryl methyl sites for hydroxylation is 1. The molecule has 0 aliphatic carbocycles. The SMILES string of the molecule is CCOc1cc(/C=N/NC(=O)Cn2nc(C)c([N+](=O)[O-])c2C)cc(Br)c1OCc1ccccc1. The second kappa shape index (κ2) is 11.4. The molecule has 10 nitrogen and oxygen atoms in total. The van der Waals surface area contributed by atoms with Crippen LogP contribution in [0, 0.1) is 24.0 Å². The fourth-order valence-corrected chi connectivity index (χ4v) is 3.83. The van der Waals surface area contributed by atoms with Crippen molar-refractivity contribution in [3.8, 4) is 11.5 Å². The van der Waals surface area contributed by atoms with Crippen molar-refractivity contribution in [2.75, 3.05) is 6.61 Å². The van der Waals surface area contributed by atoms with E-state index in [-0.39, 0.29) is 17.9 Å². The Balaban J connectivity index is 1.67. The predicted octanol–water partition coefficient (Wildman–Crippen LogP) is 4.30. The number of carbonyl (C=O) groups is 1. The number of nitrogens with zero attached hydrogens (tertiary/aromatic N) is 4. The van der Waals surface area contributed by atoms with Crippen LogP contribution in [-0.4, -0.2) is 33.4 Å². The van der Waals surface area contributed by atoms with E-state index in [4.69, 9.17) is 9.47 Å². The molecule has 0 spiro atoms. The van der Waals surface area contributed by atoms with E-state index < -0.39 is 10.8 Å². The Hall–Kier alpha value is -3.73. The molecular weight excluding hydrogens is 506 g/mol. The molecule has 0 atom stereocenters. The van der Waals surface area contributed by atoms with Gasteiger partial charge in [-0.05, 0) is 60.0 Å². The second-order valence-corrected chi connectivity index (χ2v) is 8.12. The van der Waals surface area contributed by atoms with Crippen LogP contribution in [0.5, 0.6) is 11.5 Å². The predicted molar refractivity (Wildman–Crippen MR) is 130 cm³/mol. The molecule has 0 radical (unpaired) electrons. The highest BCUT2D eigenvalue weighted by molar-refractivity contribution is 9.10. The number of hydrogen-bond acceptors (Lipinski definition) is 7. The molecule has 0 aliphatic rings. The quantitative estimate of drug-likeness (QED) is 0.237. The maximum absolute atomic E-state index is 12.2. The van der Waals surface area contributed by atoms with Gasteiger partial charge in [0.2, 0.25) is 0 Å². The molecule has 0 fully saturated rings. The van der Waals surface area contributed by atoms with Crippen LogP contribution < -0.4 is 14.9 Å². The van der Waals surface area contributed by atoms with E-state index in [1.165, 1.54) is 17.8 Å². The molecule has 178 valence electrons. The van der Waals surface area contributed by atoms with Crippen molar-refractivity contribution in [1.82, 2.24) is 15.2 Å². The van der Waals surface area contributed by atoms with Crippen molar-refractivity contribution < 1.29 is 19.2 Å². The van der Waals surface area contributed by atoms with Crippen LogP contribution in [0.4, 0.5) is 5.69 Å². The minimum atomic E-state index is -0.509. The summed E-state index contributed by atoms with van der Waals surface area (Å²) in [6.45, 7) is 5.58. The lowest BCUT2D eigenvalue weighted by Gasteiger charge is -2.14. The van der Waals surface area contributed by atoms with Crippen molar-refractivity contribution in [2.24, 2.45) is 5.10 Å². The largest absolute Gasteiger partial charge is 0.490 e. The van der Waals surface area contributed by atoms with Crippen molar-refractivity contribution in [3.63, 3.8) is 0 Å². The molecule has 0 saturated heterocycles. The van der Waals surface area contributed by atoms with Gasteiger partial charge in [-0.2, -0.15) is 10.2 Å². The lowest BCUT2D eigenvalue weighted by Crippen LogP contribution is -2.24. The number of halogens is 1. The summed E-state index contributed by atoms with van der Waals surface area (Å²) in [6.07, 6.45) is 1.47. The molecule has 3 rings (SSSR count). The maximum atomic E-state index is 12.2. The van der Waals surface area contributed by atoms with E-state index in [0.29, 0.717) is 40.4 Å².